The molecule has 53 heavy (non-hydrogen) atoms. The van der Waals surface area contributed by atoms with Gasteiger partial charge in [0.2, 0.25) is 5.95 Å². The van der Waals surface area contributed by atoms with Crippen molar-refractivity contribution in [3.8, 4) is 22.6 Å². The van der Waals surface area contributed by atoms with Crippen LogP contribution in [-0.2, 0) is 36.4 Å². The molecule has 0 saturated carbocycles. The van der Waals surface area contributed by atoms with Gasteiger partial charge >= 0.3 is 48.1 Å². The molecule has 0 fully saturated rings. The molecule has 0 atom stereocenters. The number of carbonyl (C=O) groups excluding carboxylic acids is 1. The molecule has 7 nitrogen and oxygen atoms in total. The maximum atomic E-state index is 14.1. The van der Waals surface area contributed by atoms with Gasteiger partial charge in [0.1, 0.15) is 5.75 Å². The van der Waals surface area contributed by atoms with E-state index < -0.39 is 59.8 Å². The predicted octanol–water partition coefficient (Wildman–Crippen LogP) is 5.84. The molecule has 0 aliphatic rings. The molecule has 4 rings (SSSR count). The van der Waals surface area contributed by atoms with Crippen LogP contribution in [-0.4, -0.2) is 29.2 Å². The van der Waals surface area contributed by atoms with E-state index in [1.54, 1.807) is 25.1 Å². The summed E-state index contributed by atoms with van der Waals surface area (Å²) >= 11 is 0. The zero-order chi connectivity index (χ0) is 38.4. The molecule has 1 aromatic heterocycles. The van der Waals surface area contributed by atoms with Crippen LogP contribution < -0.4 is 49.0 Å². The second-order valence-electron chi connectivity index (χ2n) is 12.0. The first-order valence-electron chi connectivity index (χ1n) is 15.9. The van der Waals surface area contributed by atoms with Gasteiger partial charge in [-0.25, -0.2) is 9.97 Å². The van der Waals surface area contributed by atoms with Crippen LogP contribution in [0.15, 0.2) is 67.0 Å². The zero-order valence-electron chi connectivity index (χ0n) is 29.0. The molecule has 0 saturated heterocycles. The van der Waals surface area contributed by atoms with Crippen molar-refractivity contribution in [2.75, 3.05) is 18.1 Å². The van der Waals surface area contributed by atoms with E-state index in [-0.39, 0.29) is 90.4 Å². The summed E-state index contributed by atoms with van der Waals surface area (Å²) in [5, 5.41) is 10.7. The Morgan fingerprint density at radius 1 is 0.774 bits per heavy atom. The second kappa shape index (κ2) is 17.9. The number of alkyl halides is 9. The molecule has 0 radical (unpaired) electrons. The minimum absolute atomic E-state index is 0. The summed E-state index contributed by atoms with van der Waals surface area (Å²) in [7, 11) is 0. The van der Waals surface area contributed by atoms with Gasteiger partial charge in [0.25, 0.3) is 0 Å². The first kappa shape index (κ1) is 43.4. The quantitative estimate of drug-likeness (QED) is 0.0907. The number of carboxylic acid groups (broad SMARTS) is 1. The molecule has 0 amide bonds. The first-order valence-corrected chi connectivity index (χ1v) is 15.9. The Balaban J connectivity index is 0.00000756. The van der Waals surface area contributed by atoms with E-state index in [2.05, 4.69) is 9.97 Å². The summed E-state index contributed by atoms with van der Waals surface area (Å²) in [4.78, 5) is 20.1. The third kappa shape index (κ3) is 12.0. The molecule has 1 heterocycles. The van der Waals surface area contributed by atoms with E-state index in [0.29, 0.717) is 23.4 Å². The largest absolute Gasteiger partial charge is 1.00 e. The maximum absolute atomic E-state index is 14.1. The minimum atomic E-state index is -5.15. The third-order valence-electron chi connectivity index (χ3n) is 7.77. The van der Waals surface area contributed by atoms with Crippen LogP contribution in [0.4, 0.5) is 45.5 Å². The summed E-state index contributed by atoms with van der Waals surface area (Å²) in [6, 6.07) is 9.17. The Hall–Kier alpha value is -4.02. The van der Waals surface area contributed by atoms with E-state index in [1.807, 2.05) is 13.8 Å². The Morgan fingerprint density at radius 3 is 1.91 bits per heavy atom. The Morgan fingerprint density at radius 2 is 1.38 bits per heavy atom. The van der Waals surface area contributed by atoms with Crippen LogP contribution >= 0.6 is 0 Å². The summed E-state index contributed by atoms with van der Waals surface area (Å²) < 4.78 is 136. The van der Waals surface area contributed by atoms with Crippen molar-refractivity contribution in [3.05, 3.63) is 100 Å². The van der Waals surface area contributed by atoms with Crippen molar-refractivity contribution in [3.63, 3.8) is 0 Å². The van der Waals surface area contributed by atoms with Crippen LogP contribution in [0.1, 0.15) is 72.9 Å². The second-order valence-corrected chi connectivity index (χ2v) is 12.0. The number of aliphatic carboxylic acids is 1. The van der Waals surface area contributed by atoms with Gasteiger partial charge in [0.05, 0.1) is 42.3 Å². The minimum Gasteiger partial charge on any atom is -0.550 e. The third-order valence-corrected chi connectivity index (χ3v) is 7.77. The van der Waals surface area contributed by atoms with Gasteiger partial charge in [0, 0.05) is 24.6 Å². The molecule has 0 N–H and O–H groups in total. The number of hydrogen-bond acceptors (Lipinski definition) is 7. The van der Waals surface area contributed by atoms with Crippen molar-refractivity contribution >= 4 is 11.9 Å². The SMILES string of the molecule is CCOc1ccc(C(C)C)cc1-c1ccc(C(F)(F)F)cc1CN(Cc1cc(C(F)(F)F)cc(C(F)(F)F)c1)c1ncc(OCCCC(=O)[O-])cn1.[Na+]. The molecule has 0 aliphatic carbocycles. The first-order chi connectivity index (χ1) is 24.3. The van der Waals surface area contributed by atoms with Crippen molar-refractivity contribution < 1.29 is 88.4 Å². The van der Waals surface area contributed by atoms with Crippen molar-refractivity contribution in [2.24, 2.45) is 0 Å². The molecule has 0 spiro atoms. The number of nitrogens with zero attached hydrogens (tertiary/aromatic N) is 3. The molecular formula is C36H33F9N3NaO4. The van der Waals surface area contributed by atoms with Crippen LogP contribution in [0.25, 0.3) is 11.1 Å². The summed E-state index contributed by atoms with van der Waals surface area (Å²) in [5.41, 5.74) is -3.19. The van der Waals surface area contributed by atoms with Gasteiger partial charge < -0.3 is 24.3 Å². The number of ether oxygens (including phenoxy) is 2. The summed E-state index contributed by atoms with van der Waals surface area (Å²) in [6.45, 7) is 4.46. The van der Waals surface area contributed by atoms with Crippen LogP contribution in [0.3, 0.4) is 0 Å². The Bertz CT molecular complexity index is 1820. The van der Waals surface area contributed by atoms with Crippen LogP contribution in [0.2, 0.25) is 0 Å². The van der Waals surface area contributed by atoms with Gasteiger partial charge in [-0.05, 0) is 90.4 Å². The number of rotatable bonds is 14. The normalized spacial score (nSPS) is 12.0. The fourth-order valence-electron chi connectivity index (χ4n) is 5.25. The number of hydrogen-bond donors (Lipinski definition) is 0. The fraction of sp³-hybridized carbons (Fsp3) is 0.361. The molecule has 0 bridgehead atoms. The molecule has 0 aliphatic heterocycles. The molecular weight excluding hydrogens is 732 g/mol. The summed E-state index contributed by atoms with van der Waals surface area (Å²) in [5.74, 6) is -1.18. The number of carbonyl (C=O) groups is 1. The monoisotopic (exact) mass is 765 g/mol. The number of benzene rings is 3. The number of halogens is 9. The molecule has 0 unspecified atom stereocenters. The van der Waals surface area contributed by atoms with Crippen molar-refractivity contribution in [1.29, 1.82) is 0 Å². The van der Waals surface area contributed by atoms with Crippen molar-refractivity contribution in [2.45, 2.75) is 71.1 Å². The average Bonchev–Trinajstić information content (AvgIpc) is 3.05. The van der Waals surface area contributed by atoms with E-state index in [4.69, 9.17) is 9.47 Å². The van der Waals surface area contributed by atoms with Gasteiger partial charge in [0.15, 0.2) is 5.75 Å². The molecule has 4 aromatic rings. The van der Waals surface area contributed by atoms with E-state index in [1.165, 1.54) is 6.07 Å². The number of anilines is 1. The number of carboxylic acids is 1. The van der Waals surface area contributed by atoms with Crippen LogP contribution in [0, 0.1) is 0 Å². The predicted molar refractivity (Wildman–Crippen MR) is 170 cm³/mol. The summed E-state index contributed by atoms with van der Waals surface area (Å²) in [6.07, 6.45) is -13.1. The topological polar surface area (TPSA) is 87.6 Å². The van der Waals surface area contributed by atoms with Gasteiger partial charge in [-0.15, -0.1) is 0 Å². The molecule has 280 valence electrons. The standard InChI is InChI=1S/C36H34F9N3O4.Na/c1-4-51-31-10-7-23(21(2)3)15-30(31)29-9-8-25(34(37,38)39)14-24(29)20-48(33-46-17-28(18-47-33)52-11-5-6-32(49)50)19-22-12-26(35(40,41)42)16-27(13-22)36(43,44)45;/h7-10,12-18,21H,4-6,11,19-20H2,1-3H3,(H,49,50);/q;+1/p-1. The molecule has 3 aromatic carbocycles. The maximum Gasteiger partial charge on any atom is 1.00 e. The van der Waals surface area contributed by atoms with E-state index in [9.17, 15) is 49.4 Å². The molecule has 17 heteroatoms. The van der Waals surface area contributed by atoms with Gasteiger partial charge in [-0.2, -0.15) is 39.5 Å². The van der Waals surface area contributed by atoms with E-state index >= 15 is 0 Å². The zero-order valence-corrected chi connectivity index (χ0v) is 31.0. The van der Waals surface area contributed by atoms with Crippen LogP contribution in [0.5, 0.6) is 11.5 Å². The van der Waals surface area contributed by atoms with Crippen molar-refractivity contribution in [1.82, 2.24) is 9.97 Å². The Labute approximate surface area is 321 Å². The number of aromatic nitrogens is 2. The van der Waals surface area contributed by atoms with Gasteiger partial charge in [-0.3, -0.25) is 0 Å². The average molecular weight is 766 g/mol. The fourth-order valence-corrected chi connectivity index (χ4v) is 5.25. The Kier molecular flexibility index (Phi) is 14.6. The smallest absolute Gasteiger partial charge is 0.550 e. The van der Waals surface area contributed by atoms with E-state index in [0.717, 1.165) is 35.0 Å². The van der Waals surface area contributed by atoms with Gasteiger partial charge in [-0.1, -0.05) is 26.0 Å².